The molecule has 0 saturated heterocycles. The van der Waals surface area contributed by atoms with Gasteiger partial charge in [-0.05, 0) is 29.0 Å². The number of benzene rings is 3. The fraction of sp³-hybridized carbons (Fsp3) is 0.0500. The van der Waals surface area contributed by atoms with Gasteiger partial charge in [0, 0.05) is 17.3 Å². The maximum atomic E-state index is 12.6. The summed E-state index contributed by atoms with van der Waals surface area (Å²) in [5, 5.41) is 9.83. The van der Waals surface area contributed by atoms with Crippen LogP contribution in [0.1, 0.15) is 16.2 Å². The van der Waals surface area contributed by atoms with Gasteiger partial charge in [-0.1, -0.05) is 54.6 Å². The lowest BCUT2D eigenvalue weighted by Gasteiger charge is -2.03. The number of carbonyl (C=O) groups excluding carboxylic acids is 1. The van der Waals surface area contributed by atoms with E-state index in [9.17, 15) is 4.79 Å². The Morgan fingerprint density at radius 1 is 0.923 bits per heavy atom. The highest BCUT2D eigenvalue weighted by atomic mass is 32.2. The Morgan fingerprint density at radius 3 is 2.58 bits per heavy atom. The summed E-state index contributed by atoms with van der Waals surface area (Å²) >= 11 is 0.919. The molecule has 0 spiro atoms. The molecule has 26 heavy (non-hydrogen) atoms. The van der Waals surface area contributed by atoms with E-state index in [0.29, 0.717) is 17.2 Å². The molecule has 0 saturated carbocycles. The summed E-state index contributed by atoms with van der Waals surface area (Å²) in [5.41, 5.74) is 0.619. The lowest BCUT2D eigenvalue weighted by Crippen LogP contribution is -1.95. The molecule has 0 bridgehead atoms. The van der Waals surface area contributed by atoms with Crippen LogP contribution in [0, 0.1) is 0 Å². The highest BCUT2D eigenvalue weighted by Crippen LogP contribution is 2.27. The SMILES string of the molecule is O=C(Sc1nnc(COc2ccccc2)o1)c1cccc2ccccc12. The Labute approximate surface area is 154 Å². The Morgan fingerprint density at radius 2 is 1.69 bits per heavy atom. The van der Waals surface area contributed by atoms with Crippen LogP contribution in [0.4, 0.5) is 0 Å². The number of thioether (sulfide) groups is 1. The third-order valence-electron chi connectivity index (χ3n) is 3.74. The number of carbonyl (C=O) groups is 1. The van der Waals surface area contributed by atoms with Gasteiger partial charge >= 0.3 is 0 Å². The maximum Gasteiger partial charge on any atom is 0.284 e. The fourth-order valence-corrected chi connectivity index (χ4v) is 3.20. The lowest BCUT2D eigenvalue weighted by atomic mass is 10.1. The smallest absolute Gasteiger partial charge is 0.284 e. The molecule has 0 fully saturated rings. The number of hydrogen-bond acceptors (Lipinski definition) is 6. The van der Waals surface area contributed by atoms with E-state index >= 15 is 0 Å². The number of fused-ring (bicyclic) bond motifs is 1. The number of nitrogens with zero attached hydrogens (tertiary/aromatic N) is 2. The minimum atomic E-state index is -0.138. The van der Waals surface area contributed by atoms with Gasteiger partial charge in [0.25, 0.3) is 11.1 Å². The van der Waals surface area contributed by atoms with Crippen molar-refractivity contribution in [2.45, 2.75) is 11.8 Å². The number of rotatable bonds is 5. The number of aromatic nitrogens is 2. The molecule has 0 unspecified atom stereocenters. The Balaban J connectivity index is 1.46. The van der Waals surface area contributed by atoms with Crippen LogP contribution in [0.2, 0.25) is 0 Å². The fourth-order valence-electron chi connectivity index (χ4n) is 2.54. The molecule has 3 aromatic carbocycles. The second-order valence-corrected chi connectivity index (χ2v) is 6.40. The highest BCUT2D eigenvalue weighted by molar-refractivity contribution is 8.14. The van der Waals surface area contributed by atoms with Crippen LogP contribution < -0.4 is 4.74 Å². The van der Waals surface area contributed by atoms with Crippen LogP contribution in [0.3, 0.4) is 0 Å². The Hall–Kier alpha value is -3.12. The van der Waals surface area contributed by atoms with E-state index in [2.05, 4.69) is 10.2 Å². The summed E-state index contributed by atoms with van der Waals surface area (Å²) in [7, 11) is 0. The molecule has 0 aliphatic rings. The first-order valence-electron chi connectivity index (χ1n) is 8.00. The highest BCUT2D eigenvalue weighted by Gasteiger charge is 2.16. The molecule has 0 aliphatic heterocycles. The Kier molecular flexibility index (Phi) is 4.66. The molecule has 128 valence electrons. The van der Waals surface area contributed by atoms with Crippen LogP contribution in [-0.4, -0.2) is 15.3 Å². The van der Waals surface area contributed by atoms with Gasteiger partial charge in [-0.2, -0.15) is 0 Å². The molecule has 1 heterocycles. The summed E-state index contributed by atoms with van der Waals surface area (Å²) in [4.78, 5) is 12.6. The van der Waals surface area contributed by atoms with Crippen molar-refractivity contribution in [1.29, 1.82) is 0 Å². The lowest BCUT2D eigenvalue weighted by molar-refractivity contribution is 0.108. The average Bonchev–Trinajstić information content (AvgIpc) is 3.14. The zero-order valence-electron chi connectivity index (χ0n) is 13.7. The molecule has 6 heteroatoms. The molecule has 0 atom stereocenters. The van der Waals surface area contributed by atoms with Crippen molar-refractivity contribution >= 4 is 27.6 Å². The Bertz CT molecular complexity index is 1040. The largest absolute Gasteiger partial charge is 0.484 e. The normalized spacial score (nSPS) is 10.8. The zero-order chi connectivity index (χ0) is 17.8. The molecule has 0 radical (unpaired) electrons. The summed E-state index contributed by atoms with van der Waals surface area (Å²) in [6.45, 7) is 0.153. The summed E-state index contributed by atoms with van der Waals surface area (Å²) in [5.74, 6) is 1.04. The first-order chi connectivity index (χ1) is 12.8. The van der Waals surface area contributed by atoms with Gasteiger partial charge in [0.2, 0.25) is 5.12 Å². The third-order valence-corrected chi connectivity index (χ3v) is 4.49. The van der Waals surface area contributed by atoms with Gasteiger partial charge in [0.05, 0.1) is 0 Å². The summed E-state index contributed by atoms with van der Waals surface area (Å²) in [6, 6.07) is 22.8. The van der Waals surface area contributed by atoms with Gasteiger partial charge < -0.3 is 9.15 Å². The first-order valence-corrected chi connectivity index (χ1v) is 8.81. The molecule has 4 aromatic rings. The molecule has 0 aliphatic carbocycles. The van der Waals surface area contributed by atoms with Crippen LogP contribution >= 0.6 is 11.8 Å². The second kappa shape index (κ2) is 7.41. The molecule has 1 aromatic heterocycles. The van der Waals surface area contributed by atoms with E-state index in [-0.39, 0.29) is 16.9 Å². The van der Waals surface area contributed by atoms with E-state index in [0.717, 1.165) is 22.5 Å². The van der Waals surface area contributed by atoms with Crippen LogP contribution in [0.25, 0.3) is 10.8 Å². The van der Waals surface area contributed by atoms with Crippen molar-refractivity contribution in [3.8, 4) is 5.75 Å². The number of para-hydroxylation sites is 1. The van der Waals surface area contributed by atoms with Crippen molar-refractivity contribution in [3.63, 3.8) is 0 Å². The van der Waals surface area contributed by atoms with Crippen LogP contribution in [-0.2, 0) is 6.61 Å². The average molecular weight is 362 g/mol. The van der Waals surface area contributed by atoms with Crippen molar-refractivity contribution in [2.75, 3.05) is 0 Å². The number of ether oxygens (including phenoxy) is 1. The topological polar surface area (TPSA) is 65.2 Å². The third kappa shape index (κ3) is 3.60. The predicted octanol–water partition coefficient (Wildman–Crippen LogP) is 4.73. The van der Waals surface area contributed by atoms with Gasteiger partial charge in [-0.25, -0.2) is 0 Å². The zero-order valence-corrected chi connectivity index (χ0v) is 14.5. The molecular weight excluding hydrogens is 348 g/mol. The van der Waals surface area contributed by atoms with E-state index in [1.165, 1.54) is 0 Å². The number of hydrogen-bond donors (Lipinski definition) is 0. The molecular formula is C20H14N2O3S. The van der Waals surface area contributed by atoms with E-state index < -0.39 is 0 Å². The molecule has 0 amide bonds. The van der Waals surface area contributed by atoms with Gasteiger partial charge in [-0.3, -0.25) is 4.79 Å². The van der Waals surface area contributed by atoms with E-state index in [1.54, 1.807) is 6.07 Å². The second-order valence-electron chi connectivity index (χ2n) is 5.48. The predicted molar refractivity (Wildman–Crippen MR) is 99.2 cm³/mol. The van der Waals surface area contributed by atoms with Crippen molar-refractivity contribution in [2.24, 2.45) is 0 Å². The van der Waals surface area contributed by atoms with Crippen LogP contribution in [0.5, 0.6) is 5.75 Å². The minimum absolute atomic E-state index is 0.138. The monoisotopic (exact) mass is 362 g/mol. The van der Waals surface area contributed by atoms with Crippen molar-refractivity contribution in [3.05, 3.63) is 84.3 Å². The maximum absolute atomic E-state index is 12.6. The minimum Gasteiger partial charge on any atom is -0.484 e. The van der Waals surface area contributed by atoms with Gasteiger partial charge in [0.1, 0.15) is 5.75 Å². The first kappa shape index (κ1) is 16.4. The van der Waals surface area contributed by atoms with Gasteiger partial charge in [0.15, 0.2) is 6.61 Å². The van der Waals surface area contributed by atoms with E-state index in [4.69, 9.17) is 9.15 Å². The molecule has 4 rings (SSSR count). The summed E-state index contributed by atoms with van der Waals surface area (Å²) in [6.07, 6.45) is 0. The van der Waals surface area contributed by atoms with Crippen molar-refractivity contribution < 1.29 is 13.9 Å². The van der Waals surface area contributed by atoms with Gasteiger partial charge in [-0.15, -0.1) is 10.2 Å². The quantitative estimate of drug-likeness (QED) is 0.478. The summed E-state index contributed by atoms with van der Waals surface area (Å²) < 4.78 is 11.1. The van der Waals surface area contributed by atoms with E-state index in [1.807, 2.05) is 66.7 Å². The molecule has 0 N–H and O–H groups in total. The standard InChI is InChI=1S/C20H14N2O3S/c23-19(17-12-6-8-14-7-4-5-11-16(14)17)26-20-22-21-18(25-20)13-24-15-9-2-1-3-10-15/h1-12H,13H2. The van der Waals surface area contributed by atoms with Crippen LogP contribution in [0.15, 0.2) is 82.4 Å². The van der Waals surface area contributed by atoms with Crippen molar-refractivity contribution in [1.82, 2.24) is 10.2 Å². The molecule has 5 nitrogen and oxygen atoms in total.